The molecular formula is C16H22O. The van der Waals surface area contributed by atoms with Gasteiger partial charge in [-0.15, -0.1) is 0 Å². The van der Waals surface area contributed by atoms with Gasteiger partial charge in [0.1, 0.15) is 0 Å². The van der Waals surface area contributed by atoms with Gasteiger partial charge >= 0.3 is 0 Å². The molecule has 3 atom stereocenters. The third-order valence-corrected chi connectivity index (χ3v) is 4.97. The quantitative estimate of drug-likeness (QED) is 0.845. The highest BCUT2D eigenvalue weighted by Crippen LogP contribution is 2.59. The molecule has 1 N–H and O–H groups in total. The second-order valence-corrected chi connectivity index (χ2v) is 5.98. The van der Waals surface area contributed by atoms with E-state index in [2.05, 4.69) is 32.0 Å². The second kappa shape index (κ2) is 4.13. The second-order valence-electron chi connectivity index (χ2n) is 5.98. The van der Waals surface area contributed by atoms with E-state index in [4.69, 9.17) is 0 Å². The number of aryl methyl sites for hydroxylation is 2. The Bertz CT molecular complexity index is 393. The molecule has 1 nitrogen and oxygen atoms in total. The predicted octanol–water partition coefficient (Wildman–Crippen LogP) is 3.25. The molecule has 92 valence electrons. The van der Waals surface area contributed by atoms with Crippen molar-refractivity contribution >= 4 is 0 Å². The maximum absolute atomic E-state index is 10.4. The highest BCUT2D eigenvalue weighted by Gasteiger charge is 2.55. The summed E-state index contributed by atoms with van der Waals surface area (Å²) in [6.45, 7) is 4.31. The van der Waals surface area contributed by atoms with Crippen LogP contribution in [0.25, 0.3) is 0 Å². The Morgan fingerprint density at radius 1 is 1.18 bits per heavy atom. The average molecular weight is 230 g/mol. The van der Waals surface area contributed by atoms with E-state index in [-0.39, 0.29) is 6.10 Å². The number of hydrogen-bond donors (Lipinski definition) is 1. The van der Waals surface area contributed by atoms with Gasteiger partial charge in [0.15, 0.2) is 0 Å². The van der Waals surface area contributed by atoms with Crippen molar-refractivity contribution in [2.75, 3.05) is 0 Å². The highest BCUT2D eigenvalue weighted by molar-refractivity contribution is 5.34. The van der Waals surface area contributed by atoms with Crippen molar-refractivity contribution in [1.82, 2.24) is 0 Å². The zero-order chi connectivity index (χ0) is 12.0. The zero-order valence-electron chi connectivity index (χ0n) is 10.8. The summed E-state index contributed by atoms with van der Waals surface area (Å²) in [4.78, 5) is 0. The van der Waals surface area contributed by atoms with Crippen molar-refractivity contribution in [2.45, 2.75) is 45.6 Å². The molecule has 0 spiro atoms. The van der Waals surface area contributed by atoms with Crippen molar-refractivity contribution in [3.05, 3.63) is 34.9 Å². The van der Waals surface area contributed by atoms with Crippen LogP contribution in [0.4, 0.5) is 0 Å². The summed E-state index contributed by atoms with van der Waals surface area (Å²) in [5, 5.41) is 10.4. The molecule has 2 fully saturated rings. The lowest BCUT2D eigenvalue weighted by Gasteiger charge is -2.16. The molecule has 17 heavy (non-hydrogen) atoms. The fourth-order valence-electron chi connectivity index (χ4n) is 3.96. The van der Waals surface area contributed by atoms with Crippen molar-refractivity contribution in [2.24, 2.45) is 17.8 Å². The SMILES string of the molecule is Cc1cccc(C)c1CC(O)C1C2CCCC21. The van der Waals surface area contributed by atoms with E-state index in [1.165, 1.54) is 36.0 Å². The first-order chi connectivity index (χ1) is 8.18. The third kappa shape index (κ3) is 1.91. The number of benzene rings is 1. The van der Waals surface area contributed by atoms with Gasteiger partial charge in [-0.05, 0) is 67.6 Å². The number of aliphatic hydroxyl groups excluding tert-OH is 1. The van der Waals surface area contributed by atoms with Crippen LogP contribution in [0.15, 0.2) is 18.2 Å². The molecule has 1 aromatic rings. The number of hydrogen-bond acceptors (Lipinski definition) is 1. The summed E-state index contributed by atoms with van der Waals surface area (Å²) in [7, 11) is 0. The van der Waals surface area contributed by atoms with Gasteiger partial charge in [-0.25, -0.2) is 0 Å². The van der Waals surface area contributed by atoms with Crippen molar-refractivity contribution < 1.29 is 5.11 Å². The number of aliphatic hydroxyl groups is 1. The smallest absolute Gasteiger partial charge is 0.0614 e. The van der Waals surface area contributed by atoms with E-state index in [9.17, 15) is 5.11 Å². The largest absolute Gasteiger partial charge is 0.392 e. The molecule has 3 unspecified atom stereocenters. The Labute approximate surface area is 104 Å². The van der Waals surface area contributed by atoms with Crippen LogP contribution in [0.5, 0.6) is 0 Å². The van der Waals surface area contributed by atoms with Gasteiger partial charge in [-0.1, -0.05) is 24.6 Å². The maximum atomic E-state index is 10.4. The summed E-state index contributed by atoms with van der Waals surface area (Å²) >= 11 is 0. The molecule has 1 aromatic carbocycles. The van der Waals surface area contributed by atoms with Crippen LogP contribution < -0.4 is 0 Å². The van der Waals surface area contributed by atoms with Gasteiger partial charge in [0.25, 0.3) is 0 Å². The van der Waals surface area contributed by atoms with Crippen LogP contribution in [0.1, 0.15) is 36.0 Å². The molecule has 1 heteroatoms. The fourth-order valence-corrected chi connectivity index (χ4v) is 3.96. The van der Waals surface area contributed by atoms with E-state index in [1.54, 1.807) is 0 Å². The van der Waals surface area contributed by atoms with Gasteiger partial charge < -0.3 is 5.11 Å². The Morgan fingerprint density at radius 3 is 2.35 bits per heavy atom. The molecule has 3 rings (SSSR count). The summed E-state index contributed by atoms with van der Waals surface area (Å²) in [5.41, 5.74) is 4.02. The summed E-state index contributed by atoms with van der Waals surface area (Å²) in [6.07, 6.45) is 4.86. The molecule has 0 aromatic heterocycles. The molecule has 0 aliphatic heterocycles. The Kier molecular flexibility index (Phi) is 2.74. The molecule has 0 bridgehead atoms. The maximum Gasteiger partial charge on any atom is 0.0614 e. The first-order valence-electron chi connectivity index (χ1n) is 6.91. The summed E-state index contributed by atoms with van der Waals surface area (Å²) in [5.74, 6) is 2.33. The molecule has 0 heterocycles. The van der Waals surface area contributed by atoms with E-state index >= 15 is 0 Å². The average Bonchev–Trinajstić information content (AvgIpc) is 2.78. The zero-order valence-corrected chi connectivity index (χ0v) is 10.8. The molecule has 0 saturated heterocycles. The van der Waals surface area contributed by atoms with E-state index in [0.29, 0.717) is 5.92 Å². The normalized spacial score (nSPS) is 32.3. The predicted molar refractivity (Wildman–Crippen MR) is 69.9 cm³/mol. The Morgan fingerprint density at radius 2 is 1.76 bits per heavy atom. The van der Waals surface area contributed by atoms with Crippen LogP contribution in [0.3, 0.4) is 0 Å². The van der Waals surface area contributed by atoms with Gasteiger partial charge in [0.2, 0.25) is 0 Å². The van der Waals surface area contributed by atoms with Gasteiger partial charge in [-0.3, -0.25) is 0 Å². The standard InChI is InChI=1S/C16H22O/c1-10-5-3-6-11(2)14(10)9-15(17)16-12-7-4-8-13(12)16/h3,5-6,12-13,15-17H,4,7-9H2,1-2H3. The molecule has 2 aliphatic rings. The fraction of sp³-hybridized carbons (Fsp3) is 0.625. The Balaban J connectivity index is 1.71. The molecule has 2 saturated carbocycles. The molecule has 2 aliphatic carbocycles. The minimum Gasteiger partial charge on any atom is -0.392 e. The van der Waals surface area contributed by atoms with Crippen LogP contribution in [0.2, 0.25) is 0 Å². The van der Waals surface area contributed by atoms with Gasteiger partial charge in [0, 0.05) is 0 Å². The minimum atomic E-state index is -0.106. The summed E-state index contributed by atoms with van der Waals surface area (Å²) < 4.78 is 0. The van der Waals surface area contributed by atoms with Crippen LogP contribution >= 0.6 is 0 Å². The summed E-state index contributed by atoms with van der Waals surface area (Å²) in [6, 6.07) is 6.41. The molecule has 0 radical (unpaired) electrons. The van der Waals surface area contributed by atoms with Crippen LogP contribution in [0, 0.1) is 31.6 Å². The lowest BCUT2D eigenvalue weighted by atomic mass is 9.94. The molecule has 0 amide bonds. The van der Waals surface area contributed by atoms with Crippen molar-refractivity contribution in [1.29, 1.82) is 0 Å². The lowest BCUT2D eigenvalue weighted by molar-refractivity contribution is 0.135. The topological polar surface area (TPSA) is 20.2 Å². The number of rotatable bonds is 3. The first-order valence-corrected chi connectivity index (χ1v) is 6.91. The van der Waals surface area contributed by atoms with Crippen LogP contribution in [-0.2, 0) is 6.42 Å². The van der Waals surface area contributed by atoms with Crippen LogP contribution in [-0.4, -0.2) is 11.2 Å². The third-order valence-electron chi connectivity index (χ3n) is 4.97. The highest BCUT2D eigenvalue weighted by atomic mass is 16.3. The number of fused-ring (bicyclic) bond motifs is 1. The Hall–Kier alpha value is -0.820. The van der Waals surface area contributed by atoms with Crippen molar-refractivity contribution in [3.63, 3.8) is 0 Å². The molecular weight excluding hydrogens is 208 g/mol. The first kappa shape index (κ1) is 11.3. The van der Waals surface area contributed by atoms with Gasteiger partial charge in [-0.2, -0.15) is 0 Å². The lowest BCUT2D eigenvalue weighted by Crippen LogP contribution is -2.17. The van der Waals surface area contributed by atoms with Gasteiger partial charge in [0.05, 0.1) is 6.10 Å². The van der Waals surface area contributed by atoms with Crippen molar-refractivity contribution in [3.8, 4) is 0 Å². The monoisotopic (exact) mass is 230 g/mol. The van der Waals surface area contributed by atoms with E-state index < -0.39 is 0 Å². The minimum absolute atomic E-state index is 0.106. The van der Waals surface area contributed by atoms with E-state index in [1.807, 2.05) is 0 Å². The van der Waals surface area contributed by atoms with E-state index in [0.717, 1.165) is 18.3 Å².